The normalized spacial score (nSPS) is 15.8. The maximum Gasteiger partial charge on any atom is 0.223 e. The van der Waals surface area contributed by atoms with Gasteiger partial charge >= 0.3 is 0 Å². The Balaban J connectivity index is 1.64. The summed E-state index contributed by atoms with van der Waals surface area (Å²) in [6.07, 6.45) is 3.32. The highest BCUT2D eigenvalue weighted by atomic mass is 16.5. The van der Waals surface area contributed by atoms with Gasteiger partial charge in [-0.15, -0.1) is 0 Å². The Bertz CT molecular complexity index is 710. The van der Waals surface area contributed by atoms with E-state index >= 15 is 0 Å². The van der Waals surface area contributed by atoms with Crippen molar-refractivity contribution in [2.75, 3.05) is 13.7 Å². The fraction of sp³-hybridized carbons (Fsp3) is 0.381. The van der Waals surface area contributed by atoms with Gasteiger partial charge in [0.05, 0.1) is 12.6 Å². The van der Waals surface area contributed by atoms with E-state index in [-0.39, 0.29) is 11.9 Å². The van der Waals surface area contributed by atoms with E-state index in [0.717, 1.165) is 24.2 Å². The number of carbonyl (C=O) groups excluding carboxylic acids is 1. The van der Waals surface area contributed by atoms with Crippen LogP contribution in [-0.4, -0.2) is 24.5 Å². The van der Waals surface area contributed by atoms with Crippen molar-refractivity contribution in [1.29, 1.82) is 0 Å². The molecule has 2 aromatic carbocycles. The van der Waals surface area contributed by atoms with Crippen LogP contribution in [0.15, 0.2) is 48.5 Å². The number of fused-ring (bicyclic) bond motifs is 1. The third kappa shape index (κ3) is 3.45. The second-order valence-electron chi connectivity index (χ2n) is 6.30. The smallest absolute Gasteiger partial charge is 0.223 e. The Morgan fingerprint density at radius 1 is 1.17 bits per heavy atom. The molecule has 0 bridgehead atoms. The van der Waals surface area contributed by atoms with Crippen LogP contribution in [0, 0.1) is 0 Å². The number of hydrogen-bond acceptors (Lipinski definition) is 2. The van der Waals surface area contributed by atoms with Gasteiger partial charge in [-0.25, -0.2) is 0 Å². The highest BCUT2D eigenvalue weighted by Crippen LogP contribution is 2.35. The first-order valence-corrected chi connectivity index (χ1v) is 8.75. The molecule has 0 fully saturated rings. The number of nitrogens with zero attached hydrogens (tertiary/aromatic N) is 1. The second-order valence-corrected chi connectivity index (χ2v) is 6.30. The van der Waals surface area contributed by atoms with E-state index in [1.54, 1.807) is 0 Å². The van der Waals surface area contributed by atoms with E-state index in [1.165, 1.54) is 11.1 Å². The molecule has 1 aliphatic carbocycles. The molecule has 0 saturated carbocycles. The standard InChI is InChI=1S/C21H25NO2/c1-3-24-20-11-7-5-9-17(20)13-15-21(23)22(2)19-14-12-16-8-4-6-10-18(16)19/h4-11,19H,3,12-15H2,1-2H3. The summed E-state index contributed by atoms with van der Waals surface area (Å²) in [5.41, 5.74) is 3.79. The molecule has 0 saturated heterocycles. The third-order valence-corrected chi connectivity index (χ3v) is 4.84. The minimum absolute atomic E-state index is 0.197. The maximum atomic E-state index is 12.7. The minimum atomic E-state index is 0.197. The predicted octanol–water partition coefficient (Wildman–Crippen LogP) is 4.16. The summed E-state index contributed by atoms with van der Waals surface area (Å²) in [6, 6.07) is 16.7. The lowest BCUT2D eigenvalue weighted by Crippen LogP contribution is -2.30. The van der Waals surface area contributed by atoms with E-state index in [0.29, 0.717) is 19.4 Å². The van der Waals surface area contributed by atoms with E-state index in [1.807, 2.05) is 43.1 Å². The molecular formula is C21H25NO2. The Hall–Kier alpha value is -2.29. The van der Waals surface area contributed by atoms with Crippen LogP contribution in [-0.2, 0) is 17.6 Å². The summed E-state index contributed by atoms with van der Waals surface area (Å²) >= 11 is 0. The lowest BCUT2D eigenvalue weighted by atomic mass is 10.1. The number of aryl methyl sites for hydroxylation is 2. The van der Waals surface area contributed by atoms with Gasteiger partial charge in [-0.05, 0) is 48.9 Å². The Morgan fingerprint density at radius 3 is 2.75 bits per heavy atom. The monoisotopic (exact) mass is 323 g/mol. The van der Waals surface area contributed by atoms with Crippen molar-refractivity contribution in [1.82, 2.24) is 4.90 Å². The van der Waals surface area contributed by atoms with Gasteiger partial charge in [0.15, 0.2) is 0 Å². The molecule has 1 unspecified atom stereocenters. The minimum Gasteiger partial charge on any atom is -0.494 e. The van der Waals surface area contributed by atoms with Gasteiger partial charge in [0, 0.05) is 13.5 Å². The van der Waals surface area contributed by atoms with E-state index in [4.69, 9.17) is 4.74 Å². The van der Waals surface area contributed by atoms with Gasteiger partial charge in [0.25, 0.3) is 0 Å². The lowest BCUT2D eigenvalue weighted by molar-refractivity contribution is -0.132. The zero-order valence-electron chi connectivity index (χ0n) is 14.5. The molecule has 0 heterocycles. The molecule has 1 atom stereocenters. The summed E-state index contributed by atoms with van der Waals surface area (Å²) in [7, 11) is 1.93. The highest BCUT2D eigenvalue weighted by molar-refractivity contribution is 5.77. The van der Waals surface area contributed by atoms with Crippen molar-refractivity contribution in [3.8, 4) is 5.75 Å². The molecule has 0 N–H and O–H groups in total. The van der Waals surface area contributed by atoms with Crippen LogP contribution >= 0.6 is 0 Å². The molecule has 0 radical (unpaired) electrons. The summed E-state index contributed by atoms with van der Waals surface area (Å²) in [5.74, 6) is 1.09. The molecule has 3 nitrogen and oxygen atoms in total. The van der Waals surface area contributed by atoms with E-state index < -0.39 is 0 Å². The van der Waals surface area contributed by atoms with Crippen LogP contribution in [0.2, 0.25) is 0 Å². The second kappa shape index (κ2) is 7.52. The number of para-hydroxylation sites is 1. The zero-order valence-corrected chi connectivity index (χ0v) is 14.5. The average Bonchev–Trinajstić information content (AvgIpc) is 3.04. The highest BCUT2D eigenvalue weighted by Gasteiger charge is 2.28. The van der Waals surface area contributed by atoms with Crippen molar-refractivity contribution in [2.24, 2.45) is 0 Å². The zero-order chi connectivity index (χ0) is 16.9. The molecule has 1 aliphatic rings. The van der Waals surface area contributed by atoms with Gasteiger partial charge in [-0.2, -0.15) is 0 Å². The summed E-state index contributed by atoms with van der Waals surface area (Å²) in [6.45, 7) is 2.62. The van der Waals surface area contributed by atoms with Crippen molar-refractivity contribution >= 4 is 5.91 Å². The summed E-state index contributed by atoms with van der Waals surface area (Å²) in [5, 5.41) is 0. The van der Waals surface area contributed by atoms with Crippen LogP contribution in [0.3, 0.4) is 0 Å². The quantitative estimate of drug-likeness (QED) is 0.799. The molecule has 0 aromatic heterocycles. The van der Waals surface area contributed by atoms with Crippen molar-refractivity contribution < 1.29 is 9.53 Å². The van der Waals surface area contributed by atoms with Gasteiger partial charge in [0.2, 0.25) is 5.91 Å². The number of hydrogen-bond donors (Lipinski definition) is 0. The van der Waals surface area contributed by atoms with E-state index in [2.05, 4.69) is 24.3 Å². The Kier molecular flexibility index (Phi) is 5.19. The Labute approximate surface area is 144 Å². The third-order valence-electron chi connectivity index (χ3n) is 4.84. The number of ether oxygens (including phenoxy) is 1. The maximum absolute atomic E-state index is 12.7. The first-order valence-electron chi connectivity index (χ1n) is 8.75. The molecule has 1 amide bonds. The number of rotatable bonds is 6. The van der Waals surface area contributed by atoms with Gasteiger partial charge in [-0.3, -0.25) is 4.79 Å². The fourth-order valence-corrected chi connectivity index (χ4v) is 3.54. The molecule has 2 aromatic rings. The molecular weight excluding hydrogens is 298 g/mol. The SMILES string of the molecule is CCOc1ccccc1CCC(=O)N(C)C1CCc2ccccc21. The average molecular weight is 323 g/mol. The van der Waals surface area contributed by atoms with Crippen LogP contribution in [0.25, 0.3) is 0 Å². The van der Waals surface area contributed by atoms with Crippen molar-refractivity contribution in [3.05, 3.63) is 65.2 Å². The predicted molar refractivity (Wildman–Crippen MR) is 96.2 cm³/mol. The van der Waals surface area contributed by atoms with Gasteiger partial charge in [-0.1, -0.05) is 42.5 Å². The van der Waals surface area contributed by atoms with Gasteiger partial charge in [0.1, 0.15) is 5.75 Å². The largest absolute Gasteiger partial charge is 0.494 e. The van der Waals surface area contributed by atoms with E-state index in [9.17, 15) is 4.79 Å². The molecule has 3 rings (SSSR count). The molecule has 3 heteroatoms. The first-order chi connectivity index (χ1) is 11.7. The molecule has 24 heavy (non-hydrogen) atoms. The van der Waals surface area contributed by atoms with Crippen molar-refractivity contribution in [3.63, 3.8) is 0 Å². The van der Waals surface area contributed by atoms with Crippen molar-refractivity contribution in [2.45, 2.75) is 38.6 Å². The topological polar surface area (TPSA) is 29.5 Å². The van der Waals surface area contributed by atoms with Gasteiger partial charge < -0.3 is 9.64 Å². The fourth-order valence-electron chi connectivity index (χ4n) is 3.54. The molecule has 0 spiro atoms. The lowest BCUT2D eigenvalue weighted by Gasteiger charge is -2.25. The van der Waals surface area contributed by atoms with Crippen LogP contribution in [0.1, 0.15) is 42.5 Å². The summed E-state index contributed by atoms with van der Waals surface area (Å²) < 4.78 is 5.65. The number of benzene rings is 2. The van der Waals surface area contributed by atoms with Crippen LogP contribution in [0.4, 0.5) is 0 Å². The van der Waals surface area contributed by atoms with Crippen LogP contribution in [0.5, 0.6) is 5.75 Å². The summed E-state index contributed by atoms with van der Waals surface area (Å²) in [4.78, 5) is 14.6. The first kappa shape index (κ1) is 16.6. The Morgan fingerprint density at radius 2 is 1.92 bits per heavy atom. The molecule has 0 aliphatic heterocycles. The number of amides is 1. The molecule has 126 valence electrons. The number of carbonyl (C=O) groups is 1. The van der Waals surface area contributed by atoms with Crippen LogP contribution < -0.4 is 4.74 Å².